The third kappa shape index (κ3) is 8.20. The summed E-state index contributed by atoms with van der Waals surface area (Å²) in [4.78, 5) is 16.0. The number of nitrogens with zero attached hydrogens (tertiary/aromatic N) is 2. The number of benzene rings is 2. The molecule has 0 spiro atoms. The topological polar surface area (TPSA) is 44.8 Å². The molecule has 2 aliphatic heterocycles. The van der Waals surface area contributed by atoms with Crippen LogP contribution in [0.2, 0.25) is 0 Å². The van der Waals surface area contributed by atoms with Crippen LogP contribution >= 0.6 is 11.8 Å². The van der Waals surface area contributed by atoms with Gasteiger partial charge in [0.15, 0.2) is 0 Å². The highest BCUT2D eigenvalue weighted by Crippen LogP contribution is 2.48. The Morgan fingerprint density at radius 2 is 1.63 bits per heavy atom. The van der Waals surface area contributed by atoms with E-state index in [1.165, 1.54) is 4.90 Å². The van der Waals surface area contributed by atoms with Crippen LogP contribution in [0.15, 0.2) is 52.3 Å². The number of amides is 1. The number of piperidine rings is 1. The average molecular weight is 602 g/mol. The quantitative estimate of drug-likeness (QED) is 0.273. The molecule has 2 heterocycles. The maximum absolute atomic E-state index is 14.3. The van der Waals surface area contributed by atoms with Crippen LogP contribution in [-0.4, -0.2) is 68.2 Å². The molecule has 2 aromatic rings. The Bertz CT molecular complexity index is 1230. The van der Waals surface area contributed by atoms with Crippen molar-refractivity contribution in [3.63, 3.8) is 0 Å². The fraction of sp³-hybridized carbons (Fsp3) is 0.483. The zero-order chi connectivity index (χ0) is 29.8. The third-order valence-electron chi connectivity index (χ3n) is 7.33. The number of ether oxygens (including phenoxy) is 1. The number of carbonyl (C=O) groups is 1. The number of hydrogen-bond donors (Lipinski definition) is 1. The van der Waals surface area contributed by atoms with E-state index in [4.69, 9.17) is 4.74 Å². The minimum Gasteiger partial charge on any atom is -0.382 e. The molecular formula is C29H33F6N3O2S. The van der Waals surface area contributed by atoms with Crippen molar-refractivity contribution in [2.24, 2.45) is 0 Å². The number of hydrogen-bond acceptors (Lipinski definition) is 5. The van der Waals surface area contributed by atoms with Crippen molar-refractivity contribution >= 4 is 29.4 Å². The van der Waals surface area contributed by atoms with Crippen LogP contribution in [0, 0.1) is 0 Å². The summed E-state index contributed by atoms with van der Waals surface area (Å²) in [5, 5.41) is 3.32. The molecule has 0 aliphatic carbocycles. The Morgan fingerprint density at radius 1 is 0.976 bits per heavy atom. The highest BCUT2D eigenvalue weighted by atomic mass is 32.2. The summed E-state index contributed by atoms with van der Waals surface area (Å²) in [6.45, 7) is 2.04. The van der Waals surface area contributed by atoms with Gasteiger partial charge in [0.2, 0.25) is 5.91 Å². The van der Waals surface area contributed by atoms with Crippen molar-refractivity contribution in [3.05, 3.63) is 59.2 Å². The molecule has 0 aromatic heterocycles. The van der Waals surface area contributed by atoms with Crippen LogP contribution in [0.1, 0.15) is 42.4 Å². The summed E-state index contributed by atoms with van der Waals surface area (Å²) in [6.07, 6.45) is -5.86. The predicted octanol–water partition coefficient (Wildman–Crippen LogP) is 7.03. The van der Waals surface area contributed by atoms with E-state index in [2.05, 4.69) is 5.32 Å². The summed E-state index contributed by atoms with van der Waals surface area (Å²) in [5.41, 5.74) is -3.61. The normalized spacial score (nSPS) is 17.9. The first kappa shape index (κ1) is 31.2. The van der Waals surface area contributed by atoms with Crippen LogP contribution in [0.5, 0.6) is 0 Å². The van der Waals surface area contributed by atoms with Gasteiger partial charge in [-0.15, -0.1) is 0 Å². The van der Waals surface area contributed by atoms with Gasteiger partial charge in [-0.1, -0.05) is 23.9 Å². The van der Waals surface area contributed by atoms with Gasteiger partial charge < -0.3 is 19.9 Å². The summed E-state index contributed by atoms with van der Waals surface area (Å²) in [7, 11) is 3.86. The molecule has 0 saturated carbocycles. The van der Waals surface area contributed by atoms with Crippen molar-refractivity contribution in [1.29, 1.82) is 0 Å². The smallest absolute Gasteiger partial charge is 0.382 e. The molecule has 2 fully saturated rings. The van der Waals surface area contributed by atoms with Crippen LogP contribution in [-0.2, 0) is 21.9 Å². The highest BCUT2D eigenvalue weighted by Gasteiger charge is 2.46. The molecule has 5 nitrogen and oxygen atoms in total. The molecule has 1 N–H and O–H groups in total. The number of carbonyl (C=O) groups excluding carboxylic acids is 1. The van der Waals surface area contributed by atoms with Gasteiger partial charge in [-0.25, -0.2) is 0 Å². The number of rotatable bonds is 7. The van der Waals surface area contributed by atoms with Crippen LogP contribution < -0.4 is 5.32 Å². The van der Waals surface area contributed by atoms with Gasteiger partial charge in [0, 0.05) is 59.9 Å². The highest BCUT2D eigenvalue weighted by molar-refractivity contribution is 7.99. The zero-order valence-corrected chi connectivity index (χ0v) is 23.6. The molecule has 0 bridgehead atoms. The summed E-state index contributed by atoms with van der Waals surface area (Å²) in [6, 6.07) is 9.04. The molecule has 2 saturated heterocycles. The van der Waals surface area contributed by atoms with Crippen molar-refractivity contribution in [1.82, 2.24) is 9.80 Å². The number of nitrogens with one attached hydrogen (secondary N) is 1. The van der Waals surface area contributed by atoms with E-state index in [0.717, 1.165) is 37.1 Å². The Kier molecular flexibility index (Phi) is 9.97. The maximum atomic E-state index is 14.3. The second kappa shape index (κ2) is 13.1. The fourth-order valence-corrected chi connectivity index (χ4v) is 6.18. The monoisotopic (exact) mass is 601 g/mol. The Labute approximate surface area is 239 Å². The van der Waals surface area contributed by atoms with Gasteiger partial charge in [0.1, 0.15) is 0 Å². The van der Waals surface area contributed by atoms with Crippen LogP contribution in [0.25, 0.3) is 6.08 Å². The Hall–Kier alpha value is -2.70. The molecule has 0 atom stereocenters. The van der Waals surface area contributed by atoms with Gasteiger partial charge in [-0.05, 0) is 75.7 Å². The summed E-state index contributed by atoms with van der Waals surface area (Å²) < 4.78 is 90.8. The fourth-order valence-electron chi connectivity index (χ4n) is 5.13. The van der Waals surface area contributed by atoms with E-state index < -0.39 is 39.8 Å². The zero-order valence-electron chi connectivity index (χ0n) is 22.8. The number of likely N-dealkylation sites (tertiary alicyclic amines) is 1. The van der Waals surface area contributed by atoms with Crippen molar-refractivity contribution in [3.8, 4) is 0 Å². The lowest BCUT2D eigenvalue weighted by atomic mass is 9.99. The molecule has 12 heteroatoms. The van der Waals surface area contributed by atoms with Crippen LogP contribution in [0.3, 0.4) is 0 Å². The largest absolute Gasteiger partial charge is 0.418 e. The first-order valence-corrected chi connectivity index (χ1v) is 14.2. The second-order valence-corrected chi connectivity index (χ2v) is 11.5. The molecule has 1 amide bonds. The van der Waals surface area contributed by atoms with Crippen LogP contribution in [0.4, 0.5) is 32.0 Å². The molecule has 2 aliphatic rings. The lowest BCUT2D eigenvalue weighted by Crippen LogP contribution is -2.43. The van der Waals surface area contributed by atoms with Gasteiger partial charge in [0.25, 0.3) is 0 Å². The molecule has 0 unspecified atom stereocenters. The molecule has 224 valence electrons. The molecule has 4 rings (SSSR count). The van der Waals surface area contributed by atoms with E-state index in [1.54, 1.807) is 24.3 Å². The first-order valence-electron chi connectivity index (χ1n) is 13.4. The Morgan fingerprint density at radius 3 is 2.24 bits per heavy atom. The van der Waals surface area contributed by atoms with Crippen molar-refractivity contribution in [2.75, 3.05) is 45.7 Å². The number of halogens is 6. The molecular weight excluding hydrogens is 568 g/mol. The predicted molar refractivity (Wildman–Crippen MR) is 147 cm³/mol. The standard InChI is InChI=1S/C29H33F6N3O2S/c1-37(2)22-10-14-38(15-11-22)25(39)9-7-19-6-8-24(27(29(33,34)35)26(19)28(30,31)32)41-23-5-3-4-21(18-23)36-20-12-16-40-17-13-20/h3-9,18,20,22,36H,10-17H2,1-2H3/b9-7+. The van der Waals surface area contributed by atoms with E-state index in [0.29, 0.717) is 61.5 Å². The lowest BCUT2D eigenvalue weighted by Gasteiger charge is -2.34. The molecule has 2 aromatic carbocycles. The van der Waals surface area contributed by atoms with Crippen molar-refractivity contribution < 1.29 is 35.9 Å². The van der Waals surface area contributed by atoms with Gasteiger partial charge >= 0.3 is 12.4 Å². The second-order valence-electron chi connectivity index (χ2n) is 10.4. The SMILES string of the molecule is CN(C)C1CCN(C(=O)/C=C/c2ccc(Sc3cccc(NC4CCOCC4)c3)c(C(F)(F)F)c2C(F)(F)F)CC1. The first-order chi connectivity index (χ1) is 19.3. The minimum atomic E-state index is -5.30. The van der Waals surface area contributed by atoms with Gasteiger partial charge in [-0.2, -0.15) is 26.3 Å². The molecule has 41 heavy (non-hydrogen) atoms. The molecule has 0 radical (unpaired) electrons. The maximum Gasteiger partial charge on any atom is 0.418 e. The Balaban J connectivity index is 1.61. The lowest BCUT2D eigenvalue weighted by molar-refractivity contribution is -0.163. The summed E-state index contributed by atoms with van der Waals surface area (Å²) in [5.74, 6) is -0.531. The van der Waals surface area contributed by atoms with Gasteiger partial charge in [0.05, 0.1) is 11.1 Å². The van der Waals surface area contributed by atoms with Crippen molar-refractivity contribution in [2.45, 2.75) is 59.9 Å². The minimum absolute atomic E-state index is 0.139. The third-order valence-corrected chi connectivity index (χ3v) is 8.38. The van der Waals surface area contributed by atoms with E-state index in [9.17, 15) is 31.1 Å². The van der Waals surface area contributed by atoms with E-state index in [-0.39, 0.29) is 12.1 Å². The number of anilines is 1. The summed E-state index contributed by atoms with van der Waals surface area (Å²) >= 11 is 0.618. The van der Waals surface area contributed by atoms with E-state index >= 15 is 0 Å². The average Bonchev–Trinajstić information content (AvgIpc) is 2.91. The van der Waals surface area contributed by atoms with Gasteiger partial charge in [-0.3, -0.25) is 4.79 Å². The van der Waals surface area contributed by atoms with E-state index in [1.807, 2.05) is 19.0 Å². The number of alkyl halides is 6.